The first-order valence-corrected chi connectivity index (χ1v) is 6.36. The van der Waals surface area contributed by atoms with Crippen molar-refractivity contribution in [3.8, 4) is 5.75 Å². The Bertz CT molecular complexity index is 616. The summed E-state index contributed by atoms with van der Waals surface area (Å²) in [6.07, 6.45) is 0. The van der Waals surface area contributed by atoms with Gasteiger partial charge in [-0.3, -0.25) is 0 Å². The van der Waals surface area contributed by atoms with Crippen LogP contribution in [0.25, 0.3) is 0 Å². The van der Waals surface area contributed by atoms with Crippen LogP contribution >= 0.6 is 0 Å². The molecule has 0 unspecified atom stereocenters. The quantitative estimate of drug-likeness (QED) is 0.388. The molecule has 0 atom stereocenters. The van der Waals surface area contributed by atoms with Crippen molar-refractivity contribution in [1.29, 1.82) is 0 Å². The molecule has 0 radical (unpaired) electrons. The fourth-order valence-corrected chi connectivity index (χ4v) is 2.06. The second-order valence-corrected chi connectivity index (χ2v) is 4.80. The lowest BCUT2D eigenvalue weighted by molar-refractivity contribution is 0.305. The number of hydrogen-bond acceptors (Lipinski definition) is 3. The number of nitrogens with two attached hydrogens (primary N) is 1. The minimum absolute atomic E-state index is 0.0956. The van der Waals surface area contributed by atoms with Crippen molar-refractivity contribution in [3.63, 3.8) is 0 Å². The van der Waals surface area contributed by atoms with Gasteiger partial charge in [0.25, 0.3) is 0 Å². The van der Waals surface area contributed by atoms with Gasteiger partial charge in [-0.2, -0.15) is 0 Å². The van der Waals surface area contributed by atoms with Crippen LogP contribution in [0, 0.1) is 13.8 Å². The Morgan fingerprint density at radius 2 is 1.85 bits per heavy atom. The summed E-state index contributed by atoms with van der Waals surface area (Å²) >= 11 is 0. The van der Waals surface area contributed by atoms with Gasteiger partial charge in [-0.25, -0.2) is 0 Å². The number of benzene rings is 2. The van der Waals surface area contributed by atoms with E-state index >= 15 is 0 Å². The number of nitrogens with zero attached hydrogens (tertiary/aromatic N) is 1. The third-order valence-electron chi connectivity index (χ3n) is 2.93. The molecule has 0 aliphatic carbocycles. The summed E-state index contributed by atoms with van der Waals surface area (Å²) in [5, 5.41) is 11.7. The number of oxime groups is 1. The van der Waals surface area contributed by atoms with Gasteiger partial charge in [0.1, 0.15) is 12.4 Å². The molecule has 2 aromatic rings. The van der Waals surface area contributed by atoms with Crippen molar-refractivity contribution in [2.24, 2.45) is 10.9 Å². The monoisotopic (exact) mass is 270 g/mol. The Morgan fingerprint density at radius 1 is 1.15 bits per heavy atom. The van der Waals surface area contributed by atoms with E-state index in [1.807, 2.05) is 44.2 Å². The van der Waals surface area contributed by atoms with Gasteiger partial charge in [-0.1, -0.05) is 29.4 Å². The highest BCUT2D eigenvalue weighted by Crippen LogP contribution is 2.18. The Morgan fingerprint density at radius 3 is 2.50 bits per heavy atom. The molecule has 0 fully saturated rings. The fraction of sp³-hybridized carbons (Fsp3) is 0.188. The van der Waals surface area contributed by atoms with Gasteiger partial charge in [0.05, 0.1) is 0 Å². The zero-order chi connectivity index (χ0) is 14.5. The van der Waals surface area contributed by atoms with E-state index in [1.165, 1.54) is 11.1 Å². The molecule has 0 saturated carbocycles. The Labute approximate surface area is 118 Å². The first-order chi connectivity index (χ1) is 9.58. The molecule has 0 amide bonds. The van der Waals surface area contributed by atoms with Crippen LogP contribution in [-0.4, -0.2) is 11.0 Å². The van der Waals surface area contributed by atoms with Crippen LogP contribution in [0.1, 0.15) is 22.3 Å². The van der Waals surface area contributed by atoms with Gasteiger partial charge in [-0.15, -0.1) is 0 Å². The van der Waals surface area contributed by atoms with Crippen molar-refractivity contribution < 1.29 is 9.94 Å². The van der Waals surface area contributed by atoms with E-state index in [4.69, 9.17) is 15.7 Å². The predicted molar refractivity (Wildman–Crippen MR) is 79.2 cm³/mol. The van der Waals surface area contributed by atoms with E-state index in [0.717, 1.165) is 11.3 Å². The largest absolute Gasteiger partial charge is 0.489 e. The highest BCUT2D eigenvalue weighted by atomic mass is 16.5. The van der Waals surface area contributed by atoms with E-state index in [-0.39, 0.29) is 5.84 Å². The number of amidine groups is 1. The molecule has 0 saturated heterocycles. The zero-order valence-corrected chi connectivity index (χ0v) is 11.6. The van der Waals surface area contributed by atoms with E-state index in [1.54, 1.807) is 6.07 Å². The molecular weight excluding hydrogens is 252 g/mol. The smallest absolute Gasteiger partial charge is 0.170 e. The molecule has 3 N–H and O–H groups in total. The summed E-state index contributed by atoms with van der Waals surface area (Å²) in [7, 11) is 0. The van der Waals surface area contributed by atoms with E-state index in [0.29, 0.717) is 12.2 Å². The maximum absolute atomic E-state index is 8.68. The second kappa shape index (κ2) is 6.10. The van der Waals surface area contributed by atoms with Gasteiger partial charge in [-0.05, 0) is 48.7 Å². The third-order valence-corrected chi connectivity index (χ3v) is 2.93. The standard InChI is InChI=1S/C16H18N2O2/c1-11-6-12(2)8-15(7-11)20-10-13-4-3-5-14(9-13)16(17)18-19/h3-9,19H,10H2,1-2H3,(H2,17,18). The third kappa shape index (κ3) is 3.51. The maximum Gasteiger partial charge on any atom is 0.170 e. The lowest BCUT2D eigenvalue weighted by atomic mass is 10.1. The topological polar surface area (TPSA) is 67.8 Å². The van der Waals surface area contributed by atoms with Crippen LogP contribution < -0.4 is 10.5 Å². The van der Waals surface area contributed by atoms with Crippen LogP contribution in [0.15, 0.2) is 47.6 Å². The SMILES string of the molecule is Cc1cc(C)cc(OCc2cccc(/C(N)=N/O)c2)c1. The molecule has 0 heterocycles. The van der Waals surface area contributed by atoms with Gasteiger partial charge >= 0.3 is 0 Å². The normalized spacial score (nSPS) is 11.4. The lowest BCUT2D eigenvalue weighted by Crippen LogP contribution is -2.13. The van der Waals surface area contributed by atoms with Crippen LogP contribution in [0.2, 0.25) is 0 Å². The van der Waals surface area contributed by atoms with Gasteiger partial charge in [0.15, 0.2) is 5.84 Å². The number of ether oxygens (including phenoxy) is 1. The molecule has 0 aliphatic heterocycles. The Kier molecular flexibility index (Phi) is 4.25. The van der Waals surface area contributed by atoms with Crippen molar-refractivity contribution in [3.05, 3.63) is 64.7 Å². The Balaban J connectivity index is 2.11. The summed E-state index contributed by atoms with van der Waals surface area (Å²) in [5.74, 6) is 0.940. The molecule has 2 aromatic carbocycles. The summed E-state index contributed by atoms with van der Waals surface area (Å²) in [6, 6.07) is 13.5. The number of rotatable bonds is 4. The molecular formula is C16H18N2O2. The van der Waals surface area contributed by atoms with Gasteiger partial charge < -0.3 is 15.7 Å². The summed E-state index contributed by atoms with van der Waals surface area (Å²) in [6.45, 7) is 4.52. The van der Waals surface area contributed by atoms with E-state index in [9.17, 15) is 0 Å². The summed E-state index contributed by atoms with van der Waals surface area (Å²) in [5.41, 5.74) is 9.55. The molecule has 2 rings (SSSR count). The first kappa shape index (κ1) is 13.9. The van der Waals surface area contributed by atoms with Crippen LogP contribution in [0.5, 0.6) is 5.75 Å². The lowest BCUT2D eigenvalue weighted by Gasteiger charge is -2.09. The summed E-state index contributed by atoms with van der Waals surface area (Å²) in [4.78, 5) is 0. The maximum atomic E-state index is 8.68. The molecule has 0 aromatic heterocycles. The number of aryl methyl sites for hydroxylation is 2. The first-order valence-electron chi connectivity index (χ1n) is 6.36. The van der Waals surface area contributed by atoms with Gasteiger partial charge in [0.2, 0.25) is 0 Å². The highest BCUT2D eigenvalue weighted by molar-refractivity contribution is 5.97. The molecule has 0 aliphatic rings. The van der Waals surface area contributed by atoms with Crippen molar-refractivity contribution in [2.45, 2.75) is 20.5 Å². The summed E-state index contributed by atoms with van der Waals surface area (Å²) < 4.78 is 5.78. The zero-order valence-electron chi connectivity index (χ0n) is 11.6. The fourth-order valence-electron chi connectivity index (χ4n) is 2.06. The molecule has 0 bridgehead atoms. The van der Waals surface area contributed by atoms with Crippen LogP contribution in [-0.2, 0) is 6.61 Å². The molecule has 20 heavy (non-hydrogen) atoms. The average Bonchev–Trinajstić information content (AvgIpc) is 2.43. The average molecular weight is 270 g/mol. The molecule has 0 spiro atoms. The van der Waals surface area contributed by atoms with Crippen molar-refractivity contribution in [2.75, 3.05) is 0 Å². The van der Waals surface area contributed by atoms with Crippen molar-refractivity contribution in [1.82, 2.24) is 0 Å². The minimum atomic E-state index is 0.0956. The van der Waals surface area contributed by atoms with E-state index < -0.39 is 0 Å². The van der Waals surface area contributed by atoms with Gasteiger partial charge in [0, 0.05) is 5.56 Å². The second-order valence-electron chi connectivity index (χ2n) is 4.80. The van der Waals surface area contributed by atoms with Crippen LogP contribution in [0.3, 0.4) is 0 Å². The van der Waals surface area contributed by atoms with Crippen molar-refractivity contribution >= 4 is 5.84 Å². The minimum Gasteiger partial charge on any atom is -0.489 e. The highest BCUT2D eigenvalue weighted by Gasteiger charge is 2.02. The molecule has 104 valence electrons. The predicted octanol–water partition coefficient (Wildman–Crippen LogP) is 2.98. The van der Waals surface area contributed by atoms with Crippen LogP contribution in [0.4, 0.5) is 0 Å². The molecule has 4 heteroatoms. The van der Waals surface area contributed by atoms with E-state index in [2.05, 4.69) is 11.2 Å². The number of hydrogen-bond donors (Lipinski definition) is 2. The molecule has 4 nitrogen and oxygen atoms in total. The Hall–Kier alpha value is -2.49.